The number of hydrogen-bond acceptors (Lipinski definition) is 4. The molecule has 1 aromatic carbocycles. The number of aromatic nitrogens is 4. The lowest BCUT2D eigenvalue weighted by molar-refractivity contribution is 1.07. The molecule has 0 spiro atoms. The number of fused-ring (bicyclic) bond motifs is 1. The van der Waals surface area contributed by atoms with Crippen molar-refractivity contribution >= 4 is 16.9 Å². The Labute approximate surface area is 106 Å². The van der Waals surface area contributed by atoms with E-state index in [4.69, 9.17) is 5.73 Å². The first-order chi connectivity index (χ1) is 9.06. The van der Waals surface area contributed by atoms with Crippen LogP contribution in [0.3, 0.4) is 0 Å². The largest absolute Gasteiger partial charge is 0.398 e. The SMILES string of the molecule is Cc1c(N)cccc1-c1nc2[nH]c(=O)[nH]c(=O)c2[nH]1. The van der Waals surface area contributed by atoms with Gasteiger partial charge in [0.15, 0.2) is 5.65 Å². The average Bonchev–Trinajstić information content (AvgIpc) is 2.76. The third-order valence-corrected chi connectivity index (χ3v) is 3.02. The van der Waals surface area contributed by atoms with E-state index in [1.54, 1.807) is 12.1 Å². The molecule has 0 amide bonds. The molecule has 0 fully saturated rings. The third kappa shape index (κ3) is 1.71. The molecule has 0 atom stereocenters. The second kappa shape index (κ2) is 3.84. The number of hydrogen-bond donors (Lipinski definition) is 4. The minimum atomic E-state index is -0.583. The summed E-state index contributed by atoms with van der Waals surface area (Å²) in [4.78, 5) is 34.5. The zero-order chi connectivity index (χ0) is 13.6. The summed E-state index contributed by atoms with van der Waals surface area (Å²) in [6, 6.07) is 5.43. The Hall–Kier alpha value is -2.83. The zero-order valence-corrected chi connectivity index (χ0v) is 10.1. The molecule has 0 bridgehead atoms. The van der Waals surface area contributed by atoms with Crippen LogP contribution >= 0.6 is 0 Å². The van der Waals surface area contributed by atoms with Crippen LogP contribution in [0.25, 0.3) is 22.6 Å². The molecule has 0 radical (unpaired) electrons. The molecule has 0 unspecified atom stereocenters. The van der Waals surface area contributed by atoms with Gasteiger partial charge in [-0.15, -0.1) is 0 Å². The molecule has 7 heteroatoms. The Kier molecular flexibility index (Phi) is 2.28. The predicted molar refractivity (Wildman–Crippen MR) is 71.9 cm³/mol. The number of nitrogens with two attached hydrogens (primary N) is 1. The topological polar surface area (TPSA) is 120 Å². The van der Waals surface area contributed by atoms with E-state index in [1.807, 2.05) is 13.0 Å². The van der Waals surface area contributed by atoms with Gasteiger partial charge in [-0.25, -0.2) is 9.78 Å². The van der Waals surface area contributed by atoms with E-state index in [1.165, 1.54) is 0 Å². The molecule has 2 aromatic heterocycles. The summed E-state index contributed by atoms with van der Waals surface area (Å²) in [7, 11) is 0. The van der Waals surface area contributed by atoms with Gasteiger partial charge in [-0.2, -0.15) is 0 Å². The lowest BCUT2D eigenvalue weighted by atomic mass is 10.1. The van der Waals surface area contributed by atoms with Crippen LogP contribution in [0.5, 0.6) is 0 Å². The first-order valence-corrected chi connectivity index (χ1v) is 5.64. The summed E-state index contributed by atoms with van der Waals surface area (Å²) in [6.45, 7) is 1.87. The quantitative estimate of drug-likeness (QED) is 0.474. The second-order valence-corrected chi connectivity index (χ2v) is 4.24. The molecule has 0 saturated heterocycles. The summed E-state index contributed by atoms with van der Waals surface area (Å²) in [5, 5.41) is 0. The van der Waals surface area contributed by atoms with Crippen LogP contribution in [0.15, 0.2) is 27.8 Å². The molecule has 19 heavy (non-hydrogen) atoms. The van der Waals surface area contributed by atoms with E-state index in [0.717, 1.165) is 11.1 Å². The Morgan fingerprint density at radius 2 is 1.95 bits per heavy atom. The number of H-pyrrole nitrogens is 3. The second-order valence-electron chi connectivity index (χ2n) is 4.24. The Morgan fingerprint density at radius 1 is 1.16 bits per heavy atom. The first-order valence-electron chi connectivity index (χ1n) is 5.64. The number of rotatable bonds is 1. The summed E-state index contributed by atoms with van der Waals surface area (Å²) < 4.78 is 0. The maximum Gasteiger partial charge on any atom is 0.327 e. The monoisotopic (exact) mass is 257 g/mol. The van der Waals surface area contributed by atoms with Crippen molar-refractivity contribution in [2.24, 2.45) is 0 Å². The molecule has 2 heterocycles. The van der Waals surface area contributed by atoms with Crippen molar-refractivity contribution in [1.29, 1.82) is 0 Å². The highest BCUT2D eigenvalue weighted by atomic mass is 16.2. The van der Waals surface area contributed by atoms with Crippen LogP contribution in [-0.4, -0.2) is 19.9 Å². The van der Waals surface area contributed by atoms with Gasteiger partial charge >= 0.3 is 5.69 Å². The van der Waals surface area contributed by atoms with Crippen molar-refractivity contribution in [3.05, 3.63) is 44.6 Å². The van der Waals surface area contributed by atoms with E-state index in [0.29, 0.717) is 11.5 Å². The number of aromatic amines is 3. The van der Waals surface area contributed by atoms with Crippen LogP contribution in [0.1, 0.15) is 5.56 Å². The highest BCUT2D eigenvalue weighted by Gasteiger charge is 2.11. The van der Waals surface area contributed by atoms with Gasteiger partial charge in [0, 0.05) is 11.3 Å². The summed E-state index contributed by atoms with van der Waals surface area (Å²) >= 11 is 0. The number of nitrogens with zero attached hydrogens (tertiary/aromatic N) is 1. The lowest BCUT2D eigenvalue weighted by Gasteiger charge is -2.04. The first kappa shape index (κ1) is 11.3. The van der Waals surface area contributed by atoms with Gasteiger partial charge in [0.1, 0.15) is 11.3 Å². The summed E-state index contributed by atoms with van der Waals surface area (Å²) in [6.07, 6.45) is 0. The van der Waals surface area contributed by atoms with Crippen LogP contribution in [0.4, 0.5) is 5.69 Å². The van der Waals surface area contributed by atoms with E-state index in [-0.39, 0.29) is 11.2 Å². The van der Waals surface area contributed by atoms with Crippen molar-refractivity contribution in [2.45, 2.75) is 6.92 Å². The molecule has 3 aromatic rings. The zero-order valence-electron chi connectivity index (χ0n) is 10.1. The summed E-state index contributed by atoms with van der Waals surface area (Å²) in [5.41, 5.74) is 7.50. The summed E-state index contributed by atoms with van der Waals surface area (Å²) in [5.74, 6) is 0.493. The van der Waals surface area contributed by atoms with Crippen molar-refractivity contribution in [1.82, 2.24) is 19.9 Å². The van der Waals surface area contributed by atoms with Gasteiger partial charge in [-0.05, 0) is 18.6 Å². The molecule has 0 aliphatic carbocycles. The maximum atomic E-state index is 11.6. The van der Waals surface area contributed by atoms with Crippen LogP contribution < -0.4 is 17.0 Å². The van der Waals surface area contributed by atoms with Gasteiger partial charge < -0.3 is 10.7 Å². The fraction of sp³-hybridized carbons (Fsp3) is 0.0833. The van der Waals surface area contributed by atoms with Gasteiger partial charge in [0.25, 0.3) is 5.56 Å². The standard InChI is InChI=1S/C12H11N5O2/c1-5-6(3-2-4-7(5)13)9-14-8-10(15-9)16-12(19)17-11(8)18/h2-4H,13H2,1H3,(H3,14,15,16,17,18,19). The van der Waals surface area contributed by atoms with Gasteiger partial charge in [0.05, 0.1) is 0 Å². The molecule has 0 saturated carbocycles. The fourth-order valence-electron chi connectivity index (χ4n) is 1.97. The van der Waals surface area contributed by atoms with E-state index in [9.17, 15) is 9.59 Å². The van der Waals surface area contributed by atoms with Crippen molar-refractivity contribution in [3.8, 4) is 11.4 Å². The molecule has 5 N–H and O–H groups in total. The predicted octanol–water partition coefficient (Wildman–Crippen LogP) is 0.497. The van der Waals surface area contributed by atoms with E-state index >= 15 is 0 Å². The van der Waals surface area contributed by atoms with Crippen molar-refractivity contribution in [2.75, 3.05) is 5.73 Å². The van der Waals surface area contributed by atoms with Crippen molar-refractivity contribution < 1.29 is 0 Å². The average molecular weight is 257 g/mol. The normalized spacial score (nSPS) is 11.0. The number of nitrogens with one attached hydrogen (secondary N) is 3. The molecular weight excluding hydrogens is 246 g/mol. The maximum absolute atomic E-state index is 11.6. The number of anilines is 1. The van der Waals surface area contributed by atoms with Crippen LogP contribution in [0.2, 0.25) is 0 Å². The highest BCUT2D eigenvalue weighted by molar-refractivity contribution is 5.77. The molecule has 0 aliphatic rings. The number of benzene rings is 1. The molecule has 96 valence electrons. The Morgan fingerprint density at radius 3 is 2.74 bits per heavy atom. The third-order valence-electron chi connectivity index (χ3n) is 3.02. The van der Waals surface area contributed by atoms with E-state index in [2.05, 4.69) is 19.9 Å². The number of nitrogen functional groups attached to an aromatic ring is 1. The molecular formula is C12H11N5O2. The van der Waals surface area contributed by atoms with Gasteiger partial charge in [0.2, 0.25) is 0 Å². The molecule has 3 rings (SSSR count). The Bertz CT molecular complexity index is 887. The van der Waals surface area contributed by atoms with E-state index < -0.39 is 11.2 Å². The van der Waals surface area contributed by atoms with Crippen LogP contribution in [-0.2, 0) is 0 Å². The Balaban J connectivity index is 2.33. The minimum Gasteiger partial charge on any atom is -0.398 e. The number of imidazole rings is 1. The smallest absolute Gasteiger partial charge is 0.327 e. The molecule has 0 aliphatic heterocycles. The lowest BCUT2D eigenvalue weighted by Crippen LogP contribution is -2.21. The van der Waals surface area contributed by atoms with Crippen LogP contribution in [0, 0.1) is 6.92 Å². The minimum absolute atomic E-state index is 0.227. The molecule has 7 nitrogen and oxygen atoms in total. The van der Waals surface area contributed by atoms with Crippen molar-refractivity contribution in [3.63, 3.8) is 0 Å². The highest BCUT2D eigenvalue weighted by Crippen LogP contribution is 2.25. The fourth-order valence-corrected chi connectivity index (χ4v) is 1.97. The van der Waals surface area contributed by atoms with Gasteiger partial charge in [-0.1, -0.05) is 12.1 Å². The van der Waals surface area contributed by atoms with Gasteiger partial charge in [-0.3, -0.25) is 14.8 Å².